The van der Waals surface area contributed by atoms with Crippen LogP contribution in [0.1, 0.15) is 29.0 Å². The molecule has 3 aromatic rings. The fraction of sp³-hybridized carbons (Fsp3) is 0.185. The number of methoxy groups -OCH3 is 1. The first-order chi connectivity index (χ1) is 15.7. The van der Waals surface area contributed by atoms with Gasteiger partial charge in [-0.3, -0.25) is 4.79 Å². The van der Waals surface area contributed by atoms with E-state index in [0.29, 0.717) is 16.9 Å². The number of fused-ring (bicyclic) bond motifs is 1. The highest BCUT2D eigenvalue weighted by Crippen LogP contribution is 2.58. The van der Waals surface area contributed by atoms with Crippen LogP contribution < -0.4 is 4.74 Å². The molecular formula is C27H21NO4. The Balaban J connectivity index is 1.72. The van der Waals surface area contributed by atoms with Crippen LogP contribution in [0.15, 0.2) is 90.5 Å². The molecule has 158 valence electrons. The molecule has 0 N–H and O–H groups in total. The lowest BCUT2D eigenvalue weighted by molar-refractivity contribution is -0.238. The molecule has 0 spiro atoms. The van der Waals surface area contributed by atoms with Gasteiger partial charge < -0.3 is 14.2 Å². The van der Waals surface area contributed by atoms with Gasteiger partial charge in [-0.2, -0.15) is 5.26 Å². The van der Waals surface area contributed by atoms with E-state index in [1.165, 1.54) is 0 Å². The van der Waals surface area contributed by atoms with Crippen molar-refractivity contribution < 1.29 is 19.0 Å². The molecule has 2 aliphatic heterocycles. The summed E-state index contributed by atoms with van der Waals surface area (Å²) in [5.41, 5.74) is 2.89. The molecule has 1 saturated heterocycles. The minimum absolute atomic E-state index is 0.155. The Morgan fingerprint density at radius 1 is 0.938 bits per heavy atom. The van der Waals surface area contributed by atoms with Gasteiger partial charge >= 0.3 is 5.97 Å². The molecule has 3 atom stereocenters. The maximum atomic E-state index is 12.9. The summed E-state index contributed by atoms with van der Waals surface area (Å²) in [6, 6.07) is 28.9. The van der Waals surface area contributed by atoms with Gasteiger partial charge in [-0.25, -0.2) is 0 Å². The highest BCUT2D eigenvalue weighted by atomic mass is 16.7. The van der Waals surface area contributed by atoms with E-state index in [1.54, 1.807) is 7.11 Å². The topological polar surface area (TPSA) is 68.6 Å². The molecule has 0 unspecified atom stereocenters. The SMILES string of the molecule is COc1ccc([C@H]2CC(=O)O[C@]3(c4ccccc4)OC(c4ccccc4)=C(C#N)[C@H]23)cc1. The molecule has 5 rings (SSSR count). The average Bonchev–Trinajstić information content (AvgIpc) is 3.20. The van der Waals surface area contributed by atoms with Gasteiger partial charge in [0, 0.05) is 17.0 Å². The molecule has 0 amide bonds. The maximum Gasteiger partial charge on any atom is 0.310 e. The second kappa shape index (κ2) is 7.90. The van der Waals surface area contributed by atoms with Crippen molar-refractivity contribution in [2.75, 3.05) is 7.11 Å². The van der Waals surface area contributed by atoms with Crippen LogP contribution in [-0.4, -0.2) is 13.1 Å². The average molecular weight is 423 g/mol. The summed E-state index contributed by atoms with van der Waals surface area (Å²) in [6.45, 7) is 0. The van der Waals surface area contributed by atoms with Crippen molar-refractivity contribution >= 4 is 11.7 Å². The number of ether oxygens (including phenoxy) is 3. The summed E-state index contributed by atoms with van der Waals surface area (Å²) in [5.74, 6) is -1.37. The van der Waals surface area contributed by atoms with Crippen LogP contribution in [-0.2, 0) is 20.1 Å². The van der Waals surface area contributed by atoms with Crippen molar-refractivity contribution in [3.63, 3.8) is 0 Å². The zero-order chi connectivity index (χ0) is 22.1. The molecule has 5 nitrogen and oxygen atoms in total. The lowest BCUT2D eigenvalue weighted by Gasteiger charge is -2.42. The fourth-order valence-electron chi connectivity index (χ4n) is 4.71. The van der Waals surface area contributed by atoms with Gasteiger partial charge in [0.15, 0.2) is 0 Å². The fourth-order valence-corrected chi connectivity index (χ4v) is 4.71. The smallest absolute Gasteiger partial charge is 0.310 e. The molecule has 0 aliphatic carbocycles. The quantitative estimate of drug-likeness (QED) is 0.542. The van der Waals surface area contributed by atoms with Gasteiger partial charge in [0.1, 0.15) is 11.5 Å². The number of benzene rings is 3. The Morgan fingerprint density at radius 2 is 1.59 bits per heavy atom. The van der Waals surface area contributed by atoms with Gasteiger partial charge in [0.2, 0.25) is 0 Å². The van der Waals surface area contributed by atoms with Crippen molar-refractivity contribution in [2.24, 2.45) is 5.92 Å². The molecule has 3 aromatic carbocycles. The van der Waals surface area contributed by atoms with Crippen LogP contribution >= 0.6 is 0 Å². The number of hydrogen-bond donors (Lipinski definition) is 0. The molecule has 0 radical (unpaired) electrons. The number of nitrogens with zero attached hydrogens (tertiary/aromatic N) is 1. The number of hydrogen-bond acceptors (Lipinski definition) is 5. The molecule has 0 aromatic heterocycles. The van der Waals surface area contributed by atoms with Gasteiger partial charge in [0.25, 0.3) is 5.79 Å². The Kier molecular flexibility index (Phi) is 4.91. The molecule has 0 saturated carbocycles. The molecule has 1 fully saturated rings. The molecule has 0 bridgehead atoms. The van der Waals surface area contributed by atoms with E-state index < -0.39 is 11.7 Å². The predicted molar refractivity (Wildman–Crippen MR) is 118 cm³/mol. The third-order valence-corrected chi connectivity index (χ3v) is 6.15. The highest BCUT2D eigenvalue weighted by molar-refractivity contribution is 5.77. The van der Waals surface area contributed by atoms with Crippen LogP contribution in [0.2, 0.25) is 0 Å². The number of carbonyl (C=O) groups excluding carboxylic acids is 1. The van der Waals surface area contributed by atoms with Crippen LogP contribution in [0.3, 0.4) is 0 Å². The van der Waals surface area contributed by atoms with Crippen molar-refractivity contribution in [2.45, 2.75) is 18.1 Å². The largest absolute Gasteiger partial charge is 0.497 e. The Labute approximate surface area is 186 Å². The predicted octanol–water partition coefficient (Wildman–Crippen LogP) is 5.16. The standard InChI is InChI=1S/C27H21NO4/c1-30-21-14-12-18(13-15-21)22-16-24(29)31-27(20-10-6-3-7-11-20)25(22)23(17-28)26(32-27)19-8-4-2-5-9-19/h2-15,22,25H,16H2,1H3/t22-,25+,27-/m1/s1. The van der Waals surface area contributed by atoms with Crippen LogP contribution in [0.4, 0.5) is 0 Å². The first kappa shape index (κ1) is 19.9. The third kappa shape index (κ3) is 3.12. The molecule has 2 heterocycles. The van der Waals surface area contributed by atoms with E-state index in [4.69, 9.17) is 14.2 Å². The Hall–Kier alpha value is -4.04. The van der Waals surface area contributed by atoms with E-state index in [0.717, 1.165) is 16.9 Å². The van der Waals surface area contributed by atoms with E-state index in [9.17, 15) is 10.1 Å². The summed E-state index contributed by atoms with van der Waals surface area (Å²) in [7, 11) is 1.61. The van der Waals surface area contributed by atoms with Crippen LogP contribution in [0, 0.1) is 17.2 Å². The first-order valence-electron chi connectivity index (χ1n) is 10.5. The van der Waals surface area contributed by atoms with E-state index in [-0.39, 0.29) is 18.3 Å². The lowest BCUT2D eigenvalue weighted by Crippen LogP contribution is -2.46. The Bertz CT molecular complexity index is 1210. The molecule has 2 aliphatic rings. The van der Waals surface area contributed by atoms with Crippen molar-refractivity contribution in [1.82, 2.24) is 0 Å². The normalized spacial score (nSPS) is 24.2. The monoisotopic (exact) mass is 423 g/mol. The minimum atomic E-state index is -1.41. The molecule has 32 heavy (non-hydrogen) atoms. The van der Waals surface area contributed by atoms with E-state index in [2.05, 4.69) is 6.07 Å². The van der Waals surface area contributed by atoms with Crippen molar-refractivity contribution in [3.05, 3.63) is 107 Å². The van der Waals surface area contributed by atoms with Crippen LogP contribution in [0.25, 0.3) is 5.76 Å². The summed E-state index contributed by atoms with van der Waals surface area (Å²) in [6.07, 6.45) is 0.155. The summed E-state index contributed by atoms with van der Waals surface area (Å²) < 4.78 is 17.8. The summed E-state index contributed by atoms with van der Waals surface area (Å²) in [4.78, 5) is 12.9. The molecular weight excluding hydrogens is 402 g/mol. The summed E-state index contributed by atoms with van der Waals surface area (Å²) >= 11 is 0. The number of esters is 1. The van der Waals surface area contributed by atoms with Gasteiger partial charge in [-0.15, -0.1) is 0 Å². The number of nitriles is 1. The van der Waals surface area contributed by atoms with Gasteiger partial charge in [-0.05, 0) is 17.7 Å². The van der Waals surface area contributed by atoms with E-state index in [1.807, 2.05) is 84.9 Å². The van der Waals surface area contributed by atoms with Gasteiger partial charge in [-0.1, -0.05) is 72.8 Å². The minimum Gasteiger partial charge on any atom is -0.497 e. The summed E-state index contributed by atoms with van der Waals surface area (Å²) in [5, 5.41) is 10.3. The van der Waals surface area contributed by atoms with Crippen molar-refractivity contribution in [1.29, 1.82) is 5.26 Å². The van der Waals surface area contributed by atoms with E-state index >= 15 is 0 Å². The maximum absolute atomic E-state index is 12.9. The zero-order valence-corrected chi connectivity index (χ0v) is 17.5. The lowest BCUT2D eigenvalue weighted by atomic mass is 9.72. The van der Waals surface area contributed by atoms with Gasteiger partial charge in [0.05, 0.1) is 31.1 Å². The van der Waals surface area contributed by atoms with Crippen molar-refractivity contribution in [3.8, 4) is 11.8 Å². The zero-order valence-electron chi connectivity index (χ0n) is 17.5. The number of carbonyl (C=O) groups is 1. The van der Waals surface area contributed by atoms with Crippen LogP contribution in [0.5, 0.6) is 5.75 Å². The highest BCUT2D eigenvalue weighted by Gasteiger charge is 2.61. The second-order valence-corrected chi connectivity index (χ2v) is 7.89. The second-order valence-electron chi connectivity index (χ2n) is 7.89. The third-order valence-electron chi connectivity index (χ3n) is 6.15. The number of rotatable bonds is 4. The Morgan fingerprint density at radius 3 is 2.22 bits per heavy atom. The molecule has 5 heteroatoms. The first-order valence-corrected chi connectivity index (χ1v) is 10.5.